The van der Waals surface area contributed by atoms with Gasteiger partial charge in [0.15, 0.2) is 0 Å². The molecule has 0 aliphatic carbocycles. The number of benzene rings is 1. The van der Waals surface area contributed by atoms with Crippen LogP contribution >= 0.6 is 27.5 Å². The molecule has 0 radical (unpaired) electrons. The van der Waals surface area contributed by atoms with E-state index in [2.05, 4.69) is 31.2 Å². The molecule has 0 bridgehead atoms. The molecular formula is C10H7BrClN3O. The maximum absolute atomic E-state index is 9.30. The molecule has 0 saturated heterocycles. The van der Waals surface area contributed by atoms with E-state index in [9.17, 15) is 5.11 Å². The van der Waals surface area contributed by atoms with Crippen molar-refractivity contribution < 1.29 is 5.11 Å². The molecule has 2 N–H and O–H groups in total. The molecule has 2 aromatic rings. The molecule has 0 unspecified atom stereocenters. The van der Waals surface area contributed by atoms with Gasteiger partial charge in [0.2, 0.25) is 5.28 Å². The summed E-state index contributed by atoms with van der Waals surface area (Å²) in [6.45, 7) is 0. The zero-order valence-corrected chi connectivity index (χ0v) is 10.3. The number of nitrogens with zero attached hydrogens (tertiary/aromatic N) is 2. The Morgan fingerprint density at radius 1 is 1.38 bits per heavy atom. The van der Waals surface area contributed by atoms with Crippen molar-refractivity contribution in [1.29, 1.82) is 0 Å². The smallest absolute Gasteiger partial charge is 0.224 e. The SMILES string of the molecule is Oc1cccc(Nc2nc(Cl)ncc2Br)c1. The highest BCUT2D eigenvalue weighted by atomic mass is 79.9. The quantitative estimate of drug-likeness (QED) is 0.835. The standard InChI is InChI=1S/C10H7BrClN3O/c11-8-5-13-10(12)15-9(8)14-6-2-1-3-7(16)4-6/h1-5,16H,(H,13,14,15). The zero-order chi connectivity index (χ0) is 11.5. The lowest BCUT2D eigenvalue weighted by Gasteiger charge is -2.07. The average Bonchev–Trinajstić information content (AvgIpc) is 2.24. The number of hydrogen-bond donors (Lipinski definition) is 2. The minimum Gasteiger partial charge on any atom is -0.508 e. The Hall–Kier alpha value is -1.33. The van der Waals surface area contributed by atoms with Crippen LogP contribution in [0.15, 0.2) is 34.9 Å². The van der Waals surface area contributed by atoms with Crippen molar-refractivity contribution in [3.8, 4) is 5.75 Å². The molecule has 4 nitrogen and oxygen atoms in total. The van der Waals surface area contributed by atoms with Crippen LogP contribution in [0.3, 0.4) is 0 Å². The molecule has 6 heteroatoms. The fourth-order valence-electron chi connectivity index (χ4n) is 1.15. The molecule has 2 rings (SSSR count). The van der Waals surface area contributed by atoms with Gasteiger partial charge in [-0.2, -0.15) is 4.98 Å². The first-order valence-corrected chi connectivity index (χ1v) is 5.56. The van der Waals surface area contributed by atoms with E-state index in [1.807, 2.05) is 6.07 Å². The second kappa shape index (κ2) is 4.67. The summed E-state index contributed by atoms with van der Waals surface area (Å²) in [5.74, 6) is 0.729. The molecule has 0 saturated carbocycles. The topological polar surface area (TPSA) is 58.0 Å². The second-order valence-corrected chi connectivity index (χ2v) is 4.20. The summed E-state index contributed by atoms with van der Waals surface area (Å²) < 4.78 is 0.695. The number of aromatic nitrogens is 2. The summed E-state index contributed by atoms with van der Waals surface area (Å²) in [6.07, 6.45) is 1.56. The predicted molar refractivity (Wildman–Crippen MR) is 66.1 cm³/mol. The van der Waals surface area contributed by atoms with Crippen LogP contribution in [0.5, 0.6) is 5.75 Å². The maximum atomic E-state index is 9.30. The van der Waals surface area contributed by atoms with Crippen LogP contribution in [-0.2, 0) is 0 Å². The van der Waals surface area contributed by atoms with E-state index in [0.29, 0.717) is 10.3 Å². The molecule has 0 fully saturated rings. The van der Waals surface area contributed by atoms with Gasteiger partial charge in [-0.25, -0.2) is 4.98 Å². The van der Waals surface area contributed by atoms with Gasteiger partial charge in [0, 0.05) is 18.0 Å². The molecule has 1 aromatic heterocycles. The van der Waals surface area contributed by atoms with Crippen molar-refractivity contribution in [3.63, 3.8) is 0 Å². The highest BCUT2D eigenvalue weighted by Crippen LogP contribution is 2.25. The van der Waals surface area contributed by atoms with Crippen molar-refractivity contribution in [2.45, 2.75) is 0 Å². The summed E-state index contributed by atoms with van der Waals surface area (Å²) >= 11 is 8.98. The number of hydrogen-bond acceptors (Lipinski definition) is 4. The van der Waals surface area contributed by atoms with E-state index in [4.69, 9.17) is 11.6 Å². The predicted octanol–water partition coefficient (Wildman–Crippen LogP) is 3.34. The number of rotatable bonds is 2. The second-order valence-electron chi connectivity index (χ2n) is 3.01. The van der Waals surface area contributed by atoms with Crippen molar-refractivity contribution in [3.05, 3.63) is 40.2 Å². The fourth-order valence-corrected chi connectivity index (χ4v) is 1.58. The average molecular weight is 301 g/mol. The summed E-state index contributed by atoms with van der Waals surface area (Å²) in [5, 5.41) is 12.5. The first-order chi connectivity index (χ1) is 7.65. The maximum Gasteiger partial charge on any atom is 0.224 e. The molecule has 1 aromatic carbocycles. The van der Waals surface area contributed by atoms with E-state index in [0.717, 1.165) is 5.69 Å². The van der Waals surface area contributed by atoms with Crippen LogP contribution in [-0.4, -0.2) is 15.1 Å². The van der Waals surface area contributed by atoms with Crippen molar-refractivity contribution in [2.75, 3.05) is 5.32 Å². The third-order valence-electron chi connectivity index (χ3n) is 1.82. The summed E-state index contributed by atoms with van der Waals surface area (Å²) in [7, 11) is 0. The molecule has 0 spiro atoms. The van der Waals surface area contributed by atoms with Crippen LogP contribution in [0.2, 0.25) is 5.28 Å². The van der Waals surface area contributed by atoms with Gasteiger partial charge in [-0.05, 0) is 39.7 Å². The van der Waals surface area contributed by atoms with Gasteiger partial charge >= 0.3 is 0 Å². The van der Waals surface area contributed by atoms with Crippen molar-refractivity contribution in [2.24, 2.45) is 0 Å². The molecule has 0 amide bonds. The van der Waals surface area contributed by atoms with Gasteiger partial charge in [0.25, 0.3) is 0 Å². The van der Waals surface area contributed by atoms with Crippen LogP contribution in [0, 0.1) is 0 Å². The van der Waals surface area contributed by atoms with Gasteiger partial charge in [0.1, 0.15) is 11.6 Å². The fraction of sp³-hybridized carbons (Fsp3) is 0. The lowest BCUT2D eigenvalue weighted by molar-refractivity contribution is 0.475. The summed E-state index contributed by atoms with van der Waals surface area (Å²) in [4.78, 5) is 7.83. The lowest BCUT2D eigenvalue weighted by Crippen LogP contribution is -1.96. The van der Waals surface area contributed by atoms with E-state index in [1.54, 1.807) is 24.4 Å². The molecular weight excluding hydrogens is 293 g/mol. The Morgan fingerprint density at radius 3 is 2.94 bits per heavy atom. The zero-order valence-electron chi connectivity index (χ0n) is 7.98. The van der Waals surface area contributed by atoms with E-state index < -0.39 is 0 Å². The normalized spacial score (nSPS) is 10.1. The Labute approximate surface area is 105 Å². The van der Waals surface area contributed by atoms with Gasteiger partial charge in [-0.3, -0.25) is 0 Å². The van der Waals surface area contributed by atoms with Gasteiger partial charge in [-0.15, -0.1) is 0 Å². The van der Waals surface area contributed by atoms with E-state index in [1.165, 1.54) is 0 Å². The molecule has 82 valence electrons. The molecule has 0 aliphatic heterocycles. The van der Waals surface area contributed by atoms with Crippen LogP contribution < -0.4 is 5.32 Å². The number of phenols is 1. The monoisotopic (exact) mass is 299 g/mol. The molecule has 0 aliphatic rings. The molecule has 16 heavy (non-hydrogen) atoms. The van der Waals surface area contributed by atoms with E-state index in [-0.39, 0.29) is 11.0 Å². The van der Waals surface area contributed by atoms with Crippen molar-refractivity contribution in [1.82, 2.24) is 9.97 Å². The number of anilines is 2. The van der Waals surface area contributed by atoms with Crippen LogP contribution in [0.4, 0.5) is 11.5 Å². The number of aromatic hydroxyl groups is 1. The lowest BCUT2D eigenvalue weighted by atomic mass is 10.3. The Morgan fingerprint density at radius 2 is 2.19 bits per heavy atom. The number of nitrogens with one attached hydrogen (secondary N) is 1. The summed E-state index contributed by atoms with van der Waals surface area (Å²) in [6, 6.07) is 6.71. The first-order valence-electron chi connectivity index (χ1n) is 4.39. The Balaban J connectivity index is 2.30. The van der Waals surface area contributed by atoms with Crippen LogP contribution in [0.1, 0.15) is 0 Å². The third-order valence-corrected chi connectivity index (χ3v) is 2.59. The first kappa shape index (κ1) is 11.2. The Kier molecular flexibility index (Phi) is 3.26. The summed E-state index contributed by atoms with van der Waals surface area (Å²) in [5.41, 5.74) is 0.718. The number of halogens is 2. The highest BCUT2D eigenvalue weighted by molar-refractivity contribution is 9.10. The van der Waals surface area contributed by atoms with E-state index >= 15 is 0 Å². The minimum absolute atomic E-state index is 0.158. The highest BCUT2D eigenvalue weighted by Gasteiger charge is 2.04. The Bertz CT molecular complexity index is 521. The third kappa shape index (κ3) is 2.62. The van der Waals surface area contributed by atoms with Gasteiger partial charge in [-0.1, -0.05) is 6.07 Å². The van der Waals surface area contributed by atoms with Crippen molar-refractivity contribution >= 4 is 39.0 Å². The van der Waals surface area contributed by atoms with Gasteiger partial charge in [0.05, 0.1) is 4.47 Å². The molecule has 0 atom stereocenters. The largest absolute Gasteiger partial charge is 0.508 e. The minimum atomic E-state index is 0.158. The number of phenolic OH excluding ortho intramolecular Hbond substituents is 1. The van der Waals surface area contributed by atoms with Crippen LogP contribution in [0.25, 0.3) is 0 Å². The molecule has 1 heterocycles. The van der Waals surface area contributed by atoms with Gasteiger partial charge < -0.3 is 10.4 Å².